The monoisotopic (exact) mass is 344 g/mol. The van der Waals surface area contributed by atoms with Gasteiger partial charge in [-0.3, -0.25) is 9.78 Å². The third-order valence-corrected chi connectivity index (χ3v) is 4.32. The van der Waals surface area contributed by atoms with Crippen LogP contribution >= 0.6 is 22.9 Å². The van der Waals surface area contributed by atoms with Gasteiger partial charge in [0.2, 0.25) is 0 Å². The van der Waals surface area contributed by atoms with Crippen LogP contribution in [0.4, 0.5) is 0 Å². The van der Waals surface area contributed by atoms with Crippen LogP contribution in [0.1, 0.15) is 21.7 Å². The van der Waals surface area contributed by atoms with Gasteiger partial charge in [0.1, 0.15) is 5.69 Å². The van der Waals surface area contributed by atoms with Crippen molar-refractivity contribution in [1.82, 2.24) is 14.5 Å². The molecule has 0 saturated carbocycles. The zero-order valence-corrected chi connectivity index (χ0v) is 13.9. The van der Waals surface area contributed by atoms with Gasteiger partial charge in [-0.15, -0.1) is 11.3 Å². The first-order valence-electron chi connectivity index (χ1n) is 6.88. The number of nitrogens with zero attached hydrogens (tertiary/aromatic N) is 4. The Morgan fingerprint density at radius 2 is 2.13 bits per heavy atom. The summed E-state index contributed by atoms with van der Waals surface area (Å²) in [6.45, 7) is 2.37. The van der Waals surface area contributed by atoms with Gasteiger partial charge < -0.3 is 4.57 Å². The molecule has 0 N–H and O–H groups in total. The first-order chi connectivity index (χ1) is 11.1. The molecule has 0 saturated heterocycles. The Hall–Kier alpha value is -2.31. The van der Waals surface area contributed by atoms with Crippen molar-refractivity contribution in [2.45, 2.75) is 13.5 Å². The molecule has 116 valence electrons. The summed E-state index contributed by atoms with van der Waals surface area (Å²) in [5.74, 6) is -0.409. The SMILES string of the molecule is Cc1cnc(C(=O)N=c2sccn2Cc2ccccc2Cl)cn1. The molecule has 1 amide bonds. The molecule has 7 heteroatoms. The molecule has 0 bridgehead atoms. The first kappa shape index (κ1) is 15.6. The number of aromatic nitrogens is 3. The van der Waals surface area contributed by atoms with E-state index in [1.807, 2.05) is 47.3 Å². The molecule has 0 radical (unpaired) electrons. The summed E-state index contributed by atoms with van der Waals surface area (Å²) in [6, 6.07) is 7.60. The number of carbonyl (C=O) groups excluding carboxylic acids is 1. The molecular formula is C16H13ClN4OS. The maximum atomic E-state index is 12.2. The normalized spacial score (nSPS) is 11.7. The van der Waals surface area contributed by atoms with Gasteiger partial charge in [-0.25, -0.2) is 4.98 Å². The molecule has 0 spiro atoms. The topological polar surface area (TPSA) is 60.1 Å². The highest BCUT2D eigenvalue weighted by atomic mass is 35.5. The van der Waals surface area contributed by atoms with Crippen molar-refractivity contribution in [3.05, 3.63) is 75.0 Å². The number of halogens is 1. The van der Waals surface area contributed by atoms with Crippen LogP contribution in [0, 0.1) is 6.92 Å². The number of hydrogen-bond donors (Lipinski definition) is 0. The van der Waals surface area contributed by atoms with Crippen molar-refractivity contribution < 1.29 is 4.79 Å². The summed E-state index contributed by atoms with van der Waals surface area (Å²) in [7, 11) is 0. The molecule has 0 atom stereocenters. The van der Waals surface area contributed by atoms with Gasteiger partial charge in [0, 0.05) is 22.8 Å². The van der Waals surface area contributed by atoms with E-state index in [4.69, 9.17) is 11.6 Å². The van der Waals surface area contributed by atoms with Crippen molar-refractivity contribution >= 4 is 28.8 Å². The summed E-state index contributed by atoms with van der Waals surface area (Å²) < 4.78 is 1.88. The molecule has 0 aliphatic carbocycles. The Morgan fingerprint density at radius 1 is 1.30 bits per heavy atom. The fraction of sp³-hybridized carbons (Fsp3) is 0.125. The summed E-state index contributed by atoms with van der Waals surface area (Å²) in [4.78, 5) is 25.1. The van der Waals surface area contributed by atoms with Gasteiger partial charge in [0.25, 0.3) is 5.91 Å². The minimum absolute atomic E-state index is 0.230. The molecule has 5 nitrogen and oxygen atoms in total. The van der Waals surface area contributed by atoms with Crippen LogP contribution in [0.15, 0.2) is 53.2 Å². The maximum Gasteiger partial charge on any atom is 0.299 e. The van der Waals surface area contributed by atoms with E-state index in [1.165, 1.54) is 17.5 Å². The lowest BCUT2D eigenvalue weighted by Crippen LogP contribution is -2.17. The zero-order chi connectivity index (χ0) is 16.2. The number of amides is 1. The van der Waals surface area contributed by atoms with Gasteiger partial charge in [-0.05, 0) is 18.6 Å². The van der Waals surface area contributed by atoms with E-state index in [-0.39, 0.29) is 5.69 Å². The molecule has 0 fully saturated rings. The second-order valence-electron chi connectivity index (χ2n) is 4.86. The average molecular weight is 345 g/mol. The highest BCUT2D eigenvalue weighted by Gasteiger charge is 2.08. The van der Waals surface area contributed by atoms with Crippen LogP contribution in [-0.2, 0) is 6.54 Å². The zero-order valence-electron chi connectivity index (χ0n) is 12.3. The molecule has 0 aliphatic rings. The Morgan fingerprint density at radius 3 is 2.87 bits per heavy atom. The standard InChI is InChI=1S/C16H13ClN4OS/c1-11-8-19-14(9-18-11)15(22)20-16-21(6-7-23-16)10-12-4-2-3-5-13(12)17/h2-9H,10H2,1H3. The third kappa shape index (κ3) is 3.72. The number of aryl methyl sites for hydroxylation is 1. The maximum absolute atomic E-state index is 12.2. The smallest absolute Gasteiger partial charge is 0.299 e. The van der Waals surface area contributed by atoms with Gasteiger partial charge in [0.15, 0.2) is 4.80 Å². The van der Waals surface area contributed by atoms with Crippen LogP contribution in [0.3, 0.4) is 0 Å². The van der Waals surface area contributed by atoms with Crippen molar-refractivity contribution in [1.29, 1.82) is 0 Å². The molecule has 2 aromatic heterocycles. The number of thiazole rings is 1. The first-order valence-corrected chi connectivity index (χ1v) is 8.14. The van der Waals surface area contributed by atoms with E-state index >= 15 is 0 Å². The highest BCUT2D eigenvalue weighted by molar-refractivity contribution is 7.07. The lowest BCUT2D eigenvalue weighted by Gasteiger charge is -2.05. The Labute approximate surface area is 142 Å². The number of benzene rings is 1. The summed E-state index contributed by atoms with van der Waals surface area (Å²) >= 11 is 7.57. The molecule has 3 rings (SSSR count). The fourth-order valence-electron chi connectivity index (χ4n) is 1.96. The average Bonchev–Trinajstić information content (AvgIpc) is 2.97. The predicted molar refractivity (Wildman–Crippen MR) is 89.5 cm³/mol. The summed E-state index contributed by atoms with van der Waals surface area (Å²) in [5, 5.41) is 2.57. The van der Waals surface area contributed by atoms with Crippen LogP contribution in [0.2, 0.25) is 5.02 Å². The molecule has 1 aromatic carbocycles. The van der Waals surface area contributed by atoms with Crippen molar-refractivity contribution in [2.24, 2.45) is 4.99 Å². The van der Waals surface area contributed by atoms with Gasteiger partial charge in [-0.2, -0.15) is 4.99 Å². The van der Waals surface area contributed by atoms with E-state index in [0.717, 1.165) is 11.3 Å². The van der Waals surface area contributed by atoms with Crippen LogP contribution < -0.4 is 4.80 Å². The van der Waals surface area contributed by atoms with E-state index in [0.29, 0.717) is 16.4 Å². The minimum atomic E-state index is -0.409. The van der Waals surface area contributed by atoms with E-state index < -0.39 is 5.91 Å². The molecular weight excluding hydrogens is 332 g/mol. The largest absolute Gasteiger partial charge is 0.319 e. The lowest BCUT2D eigenvalue weighted by atomic mass is 10.2. The van der Waals surface area contributed by atoms with Gasteiger partial charge in [0.05, 0.1) is 18.4 Å². The second kappa shape index (κ2) is 6.85. The highest BCUT2D eigenvalue weighted by Crippen LogP contribution is 2.15. The van der Waals surface area contributed by atoms with E-state index in [1.54, 1.807) is 6.20 Å². The quantitative estimate of drug-likeness (QED) is 0.733. The fourth-order valence-corrected chi connectivity index (χ4v) is 2.89. The van der Waals surface area contributed by atoms with Crippen LogP contribution in [-0.4, -0.2) is 20.4 Å². The lowest BCUT2D eigenvalue weighted by molar-refractivity contribution is 0.0992. The van der Waals surface area contributed by atoms with Gasteiger partial charge >= 0.3 is 0 Å². The second-order valence-corrected chi connectivity index (χ2v) is 6.15. The van der Waals surface area contributed by atoms with E-state index in [9.17, 15) is 4.79 Å². The number of carbonyl (C=O) groups is 1. The summed E-state index contributed by atoms with van der Waals surface area (Å²) in [6.07, 6.45) is 4.86. The Kier molecular flexibility index (Phi) is 4.64. The van der Waals surface area contributed by atoms with Crippen LogP contribution in [0.5, 0.6) is 0 Å². The third-order valence-electron chi connectivity index (χ3n) is 3.16. The number of rotatable bonds is 3. The summed E-state index contributed by atoms with van der Waals surface area (Å²) in [5.41, 5.74) is 1.95. The minimum Gasteiger partial charge on any atom is -0.319 e. The number of hydrogen-bond acceptors (Lipinski definition) is 4. The Balaban J connectivity index is 1.90. The molecule has 23 heavy (non-hydrogen) atoms. The van der Waals surface area contributed by atoms with E-state index in [2.05, 4.69) is 15.0 Å². The molecule has 3 aromatic rings. The van der Waals surface area contributed by atoms with Gasteiger partial charge in [-0.1, -0.05) is 29.8 Å². The molecule has 2 heterocycles. The predicted octanol–water partition coefficient (Wildman–Crippen LogP) is 3.09. The van der Waals surface area contributed by atoms with Crippen LogP contribution in [0.25, 0.3) is 0 Å². The Bertz CT molecular complexity index is 899. The van der Waals surface area contributed by atoms with Crippen molar-refractivity contribution in [2.75, 3.05) is 0 Å². The molecule has 0 aliphatic heterocycles. The van der Waals surface area contributed by atoms with Crippen molar-refractivity contribution in [3.63, 3.8) is 0 Å². The van der Waals surface area contributed by atoms with Crippen molar-refractivity contribution in [3.8, 4) is 0 Å². The molecule has 0 unspecified atom stereocenters.